The first-order valence-electron chi connectivity index (χ1n) is 7.49. The summed E-state index contributed by atoms with van der Waals surface area (Å²) < 4.78 is 11.8. The third-order valence-corrected chi connectivity index (χ3v) is 3.98. The summed E-state index contributed by atoms with van der Waals surface area (Å²) in [5.41, 5.74) is 1.03. The Morgan fingerprint density at radius 2 is 1.70 bits per heavy atom. The molecule has 0 aromatic heterocycles. The number of hydrogen-bond donors (Lipinski definition) is 1. The van der Waals surface area contributed by atoms with Crippen molar-refractivity contribution in [1.29, 1.82) is 0 Å². The van der Waals surface area contributed by atoms with Crippen LogP contribution in [0, 0.1) is 0 Å². The van der Waals surface area contributed by atoms with E-state index in [2.05, 4.69) is 21.2 Å². The van der Waals surface area contributed by atoms with Crippen LogP contribution in [0.1, 0.15) is 25.5 Å². The number of ether oxygens (including phenoxy) is 2. The average Bonchev–Trinajstić information content (AvgIpc) is 2.55. The van der Waals surface area contributed by atoms with Gasteiger partial charge in [0.15, 0.2) is 6.61 Å². The monoisotopic (exact) mass is 377 g/mol. The van der Waals surface area contributed by atoms with Gasteiger partial charge in [0.05, 0.1) is 12.6 Å². The lowest BCUT2D eigenvalue weighted by molar-refractivity contribution is -0.123. The smallest absolute Gasteiger partial charge is 0.258 e. The highest BCUT2D eigenvalue weighted by Crippen LogP contribution is 2.22. The standard InChI is InChI=1S/C18H20BrNO3/c1-3-22-14-8-10-15(11-9-14)23-12-18(21)20-13(2)16-6-4-5-7-17(16)19/h4-11,13H,3,12H2,1-2H3,(H,20,21). The number of benzene rings is 2. The zero-order chi connectivity index (χ0) is 16.7. The molecule has 1 unspecified atom stereocenters. The number of rotatable bonds is 7. The molecule has 5 heteroatoms. The van der Waals surface area contributed by atoms with Crippen molar-refractivity contribution < 1.29 is 14.3 Å². The van der Waals surface area contributed by atoms with Crippen molar-refractivity contribution in [2.24, 2.45) is 0 Å². The summed E-state index contributed by atoms with van der Waals surface area (Å²) in [6.07, 6.45) is 0. The largest absolute Gasteiger partial charge is 0.494 e. The molecule has 0 heterocycles. The van der Waals surface area contributed by atoms with E-state index in [1.165, 1.54) is 0 Å². The lowest BCUT2D eigenvalue weighted by Crippen LogP contribution is -2.31. The maximum atomic E-state index is 12.0. The lowest BCUT2D eigenvalue weighted by atomic mass is 10.1. The first kappa shape index (κ1) is 17.3. The maximum absolute atomic E-state index is 12.0. The Hall–Kier alpha value is -2.01. The molecule has 0 fully saturated rings. The maximum Gasteiger partial charge on any atom is 0.258 e. The van der Waals surface area contributed by atoms with Gasteiger partial charge >= 0.3 is 0 Å². The summed E-state index contributed by atoms with van der Waals surface area (Å²) in [6, 6.07) is 14.9. The highest BCUT2D eigenvalue weighted by atomic mass is 79.9. The molecular formula is C18H20BrNO3. The molecule has 23 heavy (non-hydrogen) atoms. The summed E-state index contributed by atoms with van der Waals surface area (Å²) >= 11 is 3.49. The molecular weight excluding hydrogens is 358 g/mol. The molecule has 0 bridgehead atoms. The zero-order valence-corrected chi connectivity index (χ0v) is 14.8. The van der Waals surface area contributed by atoms with Crippen LogP contribution >= 0.6 is 15.9 Å². The van der Waals surface area contributed by atoms with Crippen LogP contribution in [0.2, 0.25) is 0 Å². The van der Waals surface area contributed by atoms with Gasteiger partial charge in [-0.05, 0) is 49.7 Å². The molecule has 0 spiro atoms. The number of nitrogens with one attached hydrogen (secondary N) is 1. The fourth-order valence-electron chi connectivity index (χ4n) is 2.13. The van der Waals surface area contributed by atoms with E-state index < -0.39 is 0 Å². The summed E-state index contributed by atoms with van der Waals surface area (Å²) in [4.78, 5) is 12.0. The molecule has 1 atom stereocenters. The van der Waals surface area contributed by atoms with Gasteiger partial charge in [-0.2, -0.15) is 0 Å². The van der Waals surface area contributed by atoms with E-state index in [0.29, 0.717) is 12.4 Å². The molecule has 1 amide bonds. The predicted molar refractivity (Wildman–Crippen MR) is 93.8 cm³/mol. The van der Waals surface area contributed by atoms with Crippen molar-refractivity contribution in [3.63, 3.8) is 0 Å². The van der Waals surface area contributed by atoms with E-state index in [4.69, 9.17) is 9.47 Å². The van der Waals surface area contributed by atoms with Gasteiger partial charge in [0, 0.05) is 4.47 Å². The van der Waals surface area contributed by atoms with Crippen molar-refractivity contribution in [2.75, 3.05) is 13.2 Å². The Balaban J connectivity index is 1.84. The molecule has 0 radical (unpaired) electrons. The van der Waals surface area contributed by atoms with Gasteiger partial charge in [0.25, 0.3) is 5.91 Å². The van der Waals surface area contributed by atoms with Crippen LogP contribution in [0.3, 0.4) is 0 Å². The van der Waals surface area contributed by atoms with E-state index >= 15 is 0 Å². The minimum Gasteiger partial charge on any atom is -0.494 e. The topological polar surface area (TPSA) is 47.6 Å². The third kappa shape index (κ3) is 5.28. The number of carbonyl (C=O) groups excluding carboxylic acids is 1. The van der Waals surface area contributed by atoms with Crippen LogP contribution in [-0.2, 0) is 4.79 Å². The molecule has 0 aliphatic carbocycles. The number of carbonyl (C=O) groups is 1. The SMILES string of the molecule is CCOc1ccc(OCC(=O)NC(C)c2ccccc2Br)cc1. The van der Waals surface area contributed by atoms with Gasteiger partial charge in [-0.25, -0.2) is 0 Å². The Kier molecular flexibility index (Phi) is 6.47. The Morgan fingerprint density at radius 3 is 2.30 bits per heavy atom. The normalized spacial score (nSPS) is 11.6. The lowest BCUT2D eigenvalue weighted by Gasteiger charge is -2.16. The molecule has 0 saturated heterocycles. The first-order valence-corrected chi connectivity index (χ1v) is 8.29. The quantitative estimate of drug-likeness (QED) is 0.789. The molecule has 0 aliphatic rings. The van der Waals surface area contributed by atoms with Gasteiger partial charge in [-0.1, -0.05) is 34.1 Å². The fraction of sp³-hybridized carbons (Fsp3) is 0.278. The van der Waals surface area contributed by atoms with Gasteiger partial charge in [-0.15, -0.1) is 0 Å². The van der Waals surface area contributed by atoms with Crippen molar-refractivity contribution in [3.8, 4) is 11.5 Å². The second-order valence-electron chi connectivity index (χ2n) is 5.00. The van der Waals surface area contributed by atoms with Crippen molar-refractivity contribution in [1.82, 2.24) is 5.32 Å². The molecule has 4 nitrogen and oxygen atoms in total. The minimum absolute atomic E-state index is 0.0250. The van der Waals surface area contributed by atoms with Crippen LogP contribution in [0.4, 0.5) is 0 Å². The molecule has 1 N–H and O–H groups in total. The number of halogens is 1. The van der Waals surface area contributed by atoms with E-state index in [9.17, 15) is 4.79 Å². The highest BCUT2D eigenvalue weighted by Gasteiger charge is 2.12. The van der Waals surface area contributed by atoms with Crippen LogP contribution in [0.15, 0.2) is 53.0 Å². The third-order valence-electron chi connectivity index (χ3n) is 3.25. The molecule has 2 aromatic carbocycles. The summed E-state index contributed by atoms with van der Waals surface area (Å²) in [5.74, 6) is 1.26. The highest BCUT2D eigenvalue weighted by molar-refractivity contribution is 9.10. The van der Waals surface area contributed by atoms with Crippen molar-refractivity contribution in [3.05, 3.63) is 58.6 Å². The van der Waals surface area contributed by atoms with Gasteiger partial charge < -0.3 is 14.8 Å². The average molecular weight is 378 g/mol. The van der Waals surface area contributed by atoms with Gasteiger partial charge in [-0.3, -0.25) is 4.79 Å². The first-order chi connectivity index (χ1) is 11.1. The van der Waals surface area contributed by atoms with Gasteiger partial charge in [0.2, 0.25) is 0 Å². The van der Waals surface area contributed by atoms with Gasteiger partial charge in [0.1, 0.15) is 11.5 Å². The number of amides is 1. The summed E-state index contributed by atoms with van der Waals surface area (Å²) in [6.45, 7) is 4.47. The second-order valence-corrected chi connectivity index (χ2v) is 5.86. The van der Waals surface area contributed by atoms with Crippen LogP contribution in [0.25, 0.3) is 0 Å². The van der Waals surface area contributed by atoms with Crippen molar-refractivity contribution >= 4 is 21.8 Å². The summed E-state index contributed by atoms with van der Waals surface area (Å²) in [7, 11) is 0. The molecule has 0 saturated carbocycles. The Morgan fingerprint density at radius 1 is 1.09 bits per heavy atom. The van der Waals surface area contributed by atoms with E-state index in [0.717, 1.165) is 15.8 Å². The van der Waals surface area contributed by atoms with Crippen LogP contribution in [0.5, 0.6) is 11.5 Å². The molecule has 2 rings (SSSR count). The van der Waals surface area contributed by atoms with Crippen molar-refractivity contribution in [2.45, 2.75) is 19.9 Å². The fourth-order valence-corrected chi connectivity index (χ4v) is 2.76. The Labute approximate surface area is 144 Å². The zero-order valence-electron chi connectivity index (χ0n) is 13.2. The molecule has 0 aliphatic heterocycles. The van der Waals surface area contributed by atoms with E-state index in [-0.39, 0.29) is 18.6 Å². The number of hydrogen-bond acceptors (Lipinski definition) is 3. The van der Waals surface area contributed by atoms with Crippen LogP contribution in [-0.4, -0.2) is 19.1 Å². The summed E-state index contributed by atoms with van der Waals surface area (Å²) in [5, 5.41) is 2.92. The second kappa shape index (κ2) is 8.58. The Bertz CT molecular complexity index is 643. The van der Waals surface area contributed by atoms with E-state index in [1.54, 1.807) is 12.1 Å². The van der Waals surface area contributed by atoms with Crippen LogP contribution < -0.4 is 14.8 Å². The predicted octanol–water partition coefficient (Wildman–Crippen LogP) is 4.10. The minimum atomic E-state index is -0.165. The molecule has 2 aromatic rings. The van der Waals surface area contributed by atoms with E-state index in [1.807, 2.05) is 50.2 Å². The molecule has 122 valence electrons.